The molecule has 0 aliphatic rings. The molecule has 140 valence electrons. The summed E-state index contributed by atoms with van der Waals surface area (Å²) in [5.41, 5.74) is 3.14. The lowest BCUT2D eigenvalue weighted by Crippen LogP contribution is -2.36. The second kappa shape index (κ2) is 9.22. The average molecular weight is 356 g/mol. The molecule has 5 heteroatoms. The third-order valence-corrected chi connectivity index (χ3v) is 4.02. The molecule has 2 rings (SSSR count). The maximum Gasteiger partial charge on any atom is 0.261 e. The first-order valence-corrected chi connectivity index (χ1v) is 9.03. The Bertz CT molecular complexity index is 744. The number of carbonyl (C=O) groups excluding carboxylic acids is 1. The molecule has 1 unspecified atom stereocenters. The number of hydrogen-bond donors (Lipinski definition) is 1. The Morgan fingerprint density at radius 1 is 1.19 bits per heavy atom. The molecule has 26 heavy (non-hydrogen) atoms. The second-order valence-corrected chi connectivity index (χ2v) is 6.61. The number of rotatable bonds is 8. The smallest absolute Gasteiger partial charge is 0.261 e. The van der Waals surface area contributed by atoms with Crippen molar-refractivity contribution in [1.29, 1.82) is 0 Å². The summed E-state index contributed by atoms with van der Waals surface area (Å²) in [7, 11) is 0. The molecule has 0 spiro atoms. The van der Waals surface area contributed by atoms with Gasteiger partial charge >= 0.3 is 0 Å². The van der Waals surface area contributed by atoms with Gasteiger partial charge in [-0.1, -0.05) is 26.0 Å². The fraction of sp³-hybridized carbons (Fsp3) is 0.429. The van der Waals surface area contributed by atoms with Crippen molar-refractivity contribution in [1.82, 2.24) is 10.3 Å². The number of aromatic nitrogens is 1. The van der Waals surface area contributed by atoms with Crippen LogP contribution in [0.4, 0.5) is 0 Å². The highest BCUT2D eigenvalue weighted by Gasteiger charge is 2.17. The van der Waals surface area contributed by atoms with Crippen molar-refractivity contribution >= 4 is 5.91 Å². The topological polar surface area (TPSA) is 60.5 Å². The first kappa shape index (κ1) is 19.8. The van der Waals surface area contributed by atoms with E-state index in [-0.39, 0.29) is 5.91 Å². The molecule has 0 aliphatic carbocycles. The lowest BCUT2D eigenvalue weighted by atomic mass is 10.0. The lowest BCUT2D eigenvalue weighted by molar-refractivity contribution is -0.127. The van der Waals surface area contributed by atoms with E-state index in [0.717, 1.165) is 22.4 Å². The largest absolute Gasteiger partial charge is 0.481 e. The minimum absolute atomic E-state index is 0.156. The number of amides is 1. The molecule has 0 fully saturated rings. The van der Waals surface area contributed by atoms with Crippen molar-refractivity contribution in [3.8, 4) is 11.6 Å². The van der Waals surface area contributed by atoms with Crippen LogP contribution in [0.15, 0.2) is 36.5 Å². The molecular weight excluding hydrogens is 328 g/mol. The van der Waals surface area contributed by atoms with E-state index in [0.29, 0.717) is 24.9 Å². The van der Waals surface area contributed by atoms with Gasteiger partial charge in [0.05, 0.1) is 6.61 Å². The number of aryl methyl sites for hydroxylation is 1. The Balaban J connectivity index is 1.98. The molecule has 1 N–H and O–H groups in total. The van der Waals surface area contributed by atoms with Crippen LogP contribution >= 0.6 is 0 Å². The maximum atomic E-state index is 12.4. The molecule has 0 saturated carbocycles. The van der Waals surface area contributed by atoms with Crippen LogP contribution in [0, 0.1) is 6.92 Å². The number of carbonyl (C=O) groups is 1. The number of pyridine rings is 1. The highest BCUT2D eigenvalue weighted by Crippen LogP contribution is 2.28. The quantitative estimate of drug-likeness (QED) is 0.777. The Labute approximate surface area is 155 Å². The van der Waals surface area contributed by atoms with Crippen molar-refractivity contribution in [3.05, 3.63) is 53.2 Å². The third-order valence-electron chi connectivity index (χ3n) is 4.02. The predicted octanol–water partition coefficient (Wildman–Crippen LogP) is 4.00. The summed E-state index contributed by atoms with van der Waals surface area (Å²) >= 11 is 0. The SMILES string of the molecule is CCOc1cc(CNC(=O)C(C)Oc2cc(C)ccc2C(C)C)ccn1. The Kier molecular flexibility index (Phi) is 7.01. The van der Waals surface area contributed by atoms with Crippen molar-refractivity contribution < 1.29 is 14.3 Å². The molecule has 0 radical (unpaired) electrons. The van der Waals surface area contributed by atoms with Crippen molar-refractivity contribution in [3.63, 3.8) is 0 Å². The monoisotopic (exact) mass is 356 g/mol. The van der Waals surface area contributed by atoms with E-state index in [1.54, 1.807) is 13.1 Å². The molecule has 0 aliphatic heterocycles. The second-order valence-electron chi connectivity index (χ2n) is 6.61. The van der Waals surface area contributed by atoms with Gasteiger partial charge < -0.3 is 14.8 Å². The van der Waals surface area contributed by atoms with Crippen LogP contribution in [0.1, 0.15) is 50.3 Å². The minimum Gasteiger partial charge on any atom is -0.481 e. The predicted molar refractivity (Wildman–Crippen MR) is 103 cm³/mol. The molecule has 1 atom stereocenters. The van der Waals surface area contributed by atoms with Gasteiger partial charge in [0.15, 0.2) is 6.10 Å². The van der Waals surface area contributed by atoms with Crippen molar-refractivity contribution in [2.75, 3.05) is 6.61 Å². The summed E-state index contributed by atoms with van der Waals surface area (Å²) in [6, 6.07) is 9.79. The van der Waals surface area contributed by atoms with Gasteiger partial charge in [0.2, 0.25) is 5.88 Å². The molecule has 5 nitrogen and oxygen atoms in total. The molecule has 1 aromatic heterocycles. The zero-order valence-electron chi connectivity index (χ0n) is 16.2. The van der Waals surface area contributed by atoms with Crippen LogP contribution in [0.3, 0.4) is 0 Å². The molecule has 0 bridgehead atoms. The third kappa shape index (κ3) is 5.48. The van der Waals surface area contributed by atoms with Crippen LogP contribution in [0.25, 0.3) is 0 Å². The number of nitrogens with zero attached hydrogens (tertiary/aromatic N) is 1. The van der Waals surface area contributed by atoms with Gasteiger partial charge in [-0.3, -0.25) is 4.79 Å². The fourth-order valence-electron chi connectivity index (χ4n) is 2.58. The zero-order valence-corrected chi connectivity index (χ0v) is 16.2. The van der Waals surface area contributed by atoms with Gasteiger partial charge in [-0.15, -0.1) is 0 Å². The maximum absolute atomic E-state index is 12.4. The Morgan fingerprint density at radius 3 is 2.65 bits per heavy atom. The Hall–Kier alpha value is -2.56. The summed E-state index contributed by atoms with van der Waals surface area (Å²) in [4.78, 5) is 16.5. The Morgan fingerprint density at radius 2 is 1.96 bits per heavy atom. The number of hydrogen-bond acceptors (Lipinski definition) is 4. The van der Waals surface area contributed by atoms with Crippen LogP contribution in [-0.2, 0) is 11.3 Å². The summed E-state index contributed by atoms with van der Waals surface area (Å²) in [6.07, 6.45) is 1.09. The minimum atomic E-state index is -0.581. The van der Waals surface area contributed by atoms with E-state index in [9.17, 15) is 4.79 Å². The van der Waals surface area contributed by atoms with E-state index in [4.69, 9.17) is 9.47 Å². The molecule has 2 aromatic rings. The standard InChI is InChI=1S/C21H28N2O3/c1-6-25-20-12-17(9-10-22-20)13-23-21(24)16(5)26-19-11-15(4)7-8-18(19)14(2)3/h7-12,14,16H,6,13H2,1-5H3,(H,23,24). The summed E-state index contributed by atoms with van der Waals surface area (Å²) in [5.74, 6) is 1.50. The molecule has 1 aromatic carbocycles. The first-order chi connectivity index (χ1) is 12.4. The summed E-state index contributed by atoms with van der Waals surface area (Å²) in [5, 5.41) is 2.90. The molecule has 0 saturated heterocycles. The van der Waals surface area contributed by atoms with Crippen LogP contribution in [0.5, 0.6) is 11.6 Å². The molecule has 1 heterocycles. The molecule has 1 amide bonds. The first-order valence-electron chi connectivity index (χ1n) is 9.03. The van der Waals surface area contributed by atoms with Gasteiger partial charge in [0, 0.05) is 18.8 Å². The van der Waals surface area contributed by atoms with Crippen molar-refractivity contribution in [2.45, 2.75) is 53.2 Å². The number of ether oxygens (including phenoxy) is 2. The van der Waals surface area contributed by atoms with Gasteiger partial charge in [0.1, 0.15) is 5.75 Å². The van der Waals surface area contributed by atoms with Crippen molar-refractivity contribution in [2.24, 2.45) is 0 Å². The van der Waals surface area contributed by atoms with Crippen LogP contribution < -0.4 is 14.8 Å². The number of nitrogens with one attached hydrogen (secondary N) is 1. The summed E-state index contributed by atoms with van der Waals surface area (Å²) < 4.78 is 11.3. The van der Waals surface area contributed by atoms with E-state index in [2.05, 4.69) is 36.3 Å². The lowest BCUT2D eigenvalue weighted by Gasteiger charge is -2.19. The fourth-order valence-corrected chi connectivity index (χ4v) is 2.58. The molecular formula is C21H28N2O3. The highest BCUT2D eigenvalue weighted by atomic mass is 16.5. The normalized spacial score (nSPS) is 11.9. The summed E-state index contributed by atoms with van der Waals surface area (Å²) in [6.45, 7) is 10.9. The van der Waals surface area contributed by atoms with Gasteiger partial charge in [-0.2, -0.15) is 0 Å². The van der Waals surface area contributed by atoms with Crippen LogP contribution in [0.2, 0.25) is 0 Å². The van der Waals surface area contributed by atoms with Crippen LogP contribution in [-0.4, -0.2) is 23.6 Å². The van der Waals surface area contributed by atoms with E-state index < -0.39 is 6.10 Å². The van der Waals surface area contributed by atoms with E-state index >= 15 is 0 Å². The van der Waals surface area contributed by atoms with Gasteiger partial charge in [0.25, 0.3) is 5.91 Å². The average Bonchev–Trinajstić information content (AvgIpc) is 2.60. The zero-order chi connectivity index (χ0) is 19.1. The van der Waals surface area contributed by atoms with E-state index in [1.165, 1.54) is 0 Å². The van der Waals surface area contributed by atoms with E-state index in [1.807, 2.05) is 32.0 Å². The van der Waals surface area contributed by atoms with Gasteiger partial charge in [-0.05, 0) is 55.5 Å². The van der Waals surface area contributed by atoms with Gasteiger partial charge in [-0.25, -0.2) is 4.98 Å². The highest BCUT2D eigenvalue weighted by molar-refractivity contribution is 5.80. The number of benzene rings is 1.